The Morgan fingerprint density at radius 3 is 2.35 bits per heavy atom. The summed E-state index contributed by atoms with van der Waals surface area (Å²) in [5.74, 6) is 0.223. The first-order chi connectivity index (χ1) is 11.3. The van der Waals surface area contributed by atoms with E-state index in [2.05, 4.69) is 27.6 Å². The van der Waals surface area contributed by atoms with Gasteiger partial charge in [0.25, 0.3) is 5.91 Å². The van der Waals surface area contributed by atoms with Crippen molar-refractivity contribution in [2.45, 2.75) is 32.1 Å². The Bertz CT molecular complexity index is 662. The predicted octanol–water partition coefficient (Wildman–Crippen LogP) is 3.80. The molecule has 1 aromatic carbocycles. The second-order valence-corrected chi connectivity index (χ2v) is 5.87. The first-order valence-corrected chi connectivity index (χ1v) is 8.18. The van der Waals surface area contributed by atoms with Crippen LogP contribution in [-0.4, -0.2) is 16.6 Å². The number of rotatable bonds is 4. The van der Waals surface area contributed by atoms with Crippen LogP contribution in [0.15, 0.2) is 60.0 Å². The molecule has 3 rings (SSSR count). The summed E-state index contributed by atoms with van der Waals surface area (Å²) in [6, 6.07) is 13.5. The zero-order chi connectivity index (χ0) is 15.9. The second kappa shape index (κ2) is 7.68. The smallest absolute Gasteiger partial charge is 0.267 e. The average molecular weight is 307 g/mol. The van der Waals surface area contributed by atoms with Gasteiger partial charge in [0, 0.05) is 23.9 Å². The number of hydrazone groups is 1. The molecule has 1 heterocycles. The fraction of sp³-hybridized carbons (Fsp3) is 0.316. The Morgan fingerprint density at radius 2 is 1.65 bits per heavy atom. The lowest BCUT2D eigenvalue weighted by Crippen LogP contribution is -2.25. The highest BCUT2D eigenvalue weighted by atomic mass is 16.2. The van der Waals surface area contributed by atoms with Crippen LogP contribution >= 0.6 is 0 Å². The van der Waals surface area contributed by atoms with Gasteiger partial charge in [0.15, 0.2) is 0 Å². The number of pyridine rings is 1. The van der Waals surface area contributed by atoms with Crippen molar-refractivity contribution in [1.29, 1.82) is 0 Å². The highest BCUT2D eigenvalue weighted by Gasteiger charge is 2.21. The number of hydrogen-bond acceptors (Lipinski definition) is 3. The summed E-state index contributed by atoms with van der Waals surface area (Å²) in [7, 11) is 0. The largest absolute Gasteiger partial charge is 0.271 e. The van der Waals surface area contributed by atoms with Crippen LogP contribution in [-0.2, 0) is 0 Å². The molecule has 0 radical (unpaired) electrons. The summed E-state index contributed by atoms with van der Waals surface area (Å²) in [5, 5.41) is 4.49. The van der Waals surface area contributed by atoms with Crippen LogP contribution in [0, 0.1) is 5.92 Å². The molecule has 1 N–H and O–H groups in total. The van der Waals surface area contributed by atoms with Crippen LogP contribution < -0.4 is 5.43 Å². The lowest BCUT2D eigenvalue weighted by Gasteiger charge is -2.23. The molecule has 1 fully saturated rings. The summed E-state index contributed by atoms with van der Waals surface area (Å²) < 4.78 is 0. The average Bonchev–Trinajstić information content (AvgIpc) is 2.64. The lowest BCUT2D eigenvalue weighted by atomic mass is 9.83. The number of hydrogen-bond donors (Lipinski definition) is 1. The standard InChI is InChI=1S/C19H21N3O/c23-19(17-11-13-20-14-12-17)22-21-18(15-7-3-1-4-8-15)16-9-5-2-6-10-16/h1,3-4,7-8,11-14,16H,2,5-6,9-10H2,(H,22,23). The molecule has 118 valence electrons. The Balaban J connectivity index is 1.81. The SMILES string of the molecule is O=C(NN=C(c1ccccc1)C1CCCCC1)c1ccncc1. The van der Waals surface area contributed by atoms with Gasteiger partial charge in [0.2, 0.25) is 0 Å². The maximum Gasteiger partial charge on any atom is 0.271 e. The molecule has 0 bridgehead atoms. The number of nitrogens with zero attached hydrogens (tertiary/aromatic N) is 2. The van der Waals surface area contributed by atoms with Crippen LogP contribution in [0.25, 0.3) is 0 Å². The second-order valence-electron chi connectivity index (χ2n) is 5.87. The van der Waals surface area contributed by atoms with Gasteiger partial charge in [-0.05, 0) is 30.5 Å². The molecule has 1 aliphatic carbocycles. The fourth-order valence-corrected chi connectivity index (χ4v) is 3.06. The van der Waals surface area contributed by atoms with E-state index in [9.17, 15) is 4.79 Å². The molecule has 4 nitrogen and oxygen atoms in total. The molecule has 0 aliphatic heterocycles. The van der Waals surface area contributed by atoms with Crippen molar-refractivity contribution in [3.8, 4) is 0 Å². The van der Waals surface area contributed by atoms with E-state index in [1.807, 2.05) is 18.2 Å². The highest BCUT2D eigenvalue weighted by molar-refractivity contribution is 6.03. The number of amides is 1. The molecule has 0 atom stereocenters. The first kappa shape index (κ1) is 15.4. The van der Waals surface area contributed by atoms with Crippen molar-refractivity contribution in [1.82, 2.24) is 10.4 Å². The van der Waals surface area contributed by atoms with Gasteiger partial charge in [-0.1, -0.05) is 49.6 Å². The number of carbonyl (C=O) groups excluding carboxylic acids is 1. The molecular weight excluding hydrogens is 286 g/mol. The normalized spacial score (nSPS) is 16.1. The van der Waals surface area contributed by atoms with Crippen molar-refractivity contribution in [2.75, 3.05) is 0 Å². The molecule has 0 spiro atoms. The number of aromatic nitrogens is 1. The molecule has 0 unspecified atom stereocenters. The van der Waals surface area contributed by atoms with Gasteiger partial charge in [-0.15, -0.1) is 0 Å². The van der Waals surface area contributed by atoms with Crippen LogP contribution in [0.3, 0.4) is 0 Å². The van der Waals surface area contributed by atoms with Crippen molar-refractivity contribution < 1.29 is 4.79 Å². The van der Waals surface area contributed by atoms with Crippen molar-refractivity contribution in [3.63, 3.8) is 0 Å². The summed E-state index contributed by atoms with van der Waals surface area (Å²) in [6.07, 6.45) is 9.25. The summed E-state index contributed by atoms with van der Waals surface area (Å²) in [4.78, 5) is 16.1. The van der Waals surface area contributed by atoms with Crippen LogP contribution in [0.2, 0.25) is 0 Å². The minimum Gasteiger partial charge on any atom is -0.267 e. The van der Waals surface area contributed by atoms with Gasteiger partial charge in [-0.25, -0.2) is 5.43 Å². The van der Waals surface area contributed by atoms with Gasteiger partial charge in [-0.2, -0.15) is 5.10 Å². The third-order valence-corrected chi connectivity index (χ3v) is 4.28. The Kier molecular flexibility index (Phi) is 5.14. The predicted molar refractivity (Wildman–Crippen MR) is 91.3 cm³/mol. The third kappa shape index (κ3) is 4.03. The number of carbonyl (C=O) groups is 1. The minimum atomic E-state index is -0.198. The monoisotopic (exact) mass is 307 g/mol. The van der Waals surface area contributed by atoms with Crippen LogP contribution in [0.5, 0.6) is 0 Å². The molecule has 0 saturated heterocycles. The number of nitrogens with one attached hydrogen (secondary N) is 1. The molecule has 1 saturated carbocycles. The summed E-state index contributed by atoms with van der Waals surface area (Å²) in [6.45, 7) is 0. The molecule has 23 heavy (non-hydrogen) atoms. The van der Waals surface area contributed by atoms with Crippen LogP contribution in [0.1, 0.15) is 48.0 Å². The fourth-order valence-electron chi connectivity index (χ4n) is 3.06. The third-order valence-electron chi connectivity index (χ3n) is 4.28. The van der Waals surface area contributed by atoms with Gasteiger partial charge in [-0.3, -0.25) is 9.78 Å². The van der Waals surface area contributed by atoms with E-state index in [-0.39, 0.29) is 5.91 Å². The van der Waals surface area contributed by atoms with Gasteiger partial charge < -0.3 is 0 Å². The summed E-state index contributed by atoms with van der Waals surface area (Å²) in [5.41, 5.74) is 5.37. The Hall–Kier alpha value is -2.49. The topological polar surface area (TPSA) is 54.4 Å². The summed E-state index contributed by atoms with van der Waals surface area (Å²) >= 11 is 0. The zero-order valence-electron chi connectivity index (χ0n) is 13.1. The van der Waals surface area contributed by atoms with E-state index in [0.717, 1.165) is 24.1 Å². The Labute approximate surface area is 136 Å². The van der Waals surface area contributed by atoms with Crippen LogP contribution in [0.4, 0.5) is 0 Å². The molecular formula is C19H21N3O. The maximum atomic E-state index is 12.2. The molecule has 1 aliphatic rings. The highest BCUT2D eigenvalue weighted by Crippen LogP contribution is 2.27. The van der Waals surface area contributed by atoms with E-state index in [0.29, 0.717) is 11.5 Å². The van der Waals surface area contributed by atoms with Gasteiger partial charge in [0.05, 0.1) is 5.71 Å². The van der Waals surface area contributed by atoms with E-state index in [1.54, 1.807) is 24.5 Å². The molecule has 1 amide bonds. The first-order valence-electron chi connectivity index (χ1n) is 8.18. The van der Waals surface area contributed by atoms with E-state index in [4.69, 9.17) is 0 Å². The minimum absolute atomic E-state index is 0.198. The Morgan fingerprint density at radius 1 is 0.957 bits per heavy atom. The molecule has 4 heteroatoms. The maximum absolute atomic E-state index is 12.2. The molecule has 1 aromatic heterocycles. The van der Waals surface area contributed by atoms with Gasteiger partial charge in [0.1, 0.15) is 0 Å². The molecule has 2 aromatic rings. The van der Waals surface area contributed by atoms with Crippen molar-refractivity contribution in [3.05, 3.63) is 66.0 Å². The van der Waals surface area contributed by atoms with Crippen molar-refractivity contribution >= 4 is 11.6 Å². The van der Waals surface area contributed by atoms with E-state index in [1.165, 1.54) is 19.3 Å². The lowest BCUT2D eigenvalue weighted by molar-refractivity contribution is 0.0954. The zero-order valence-corrected chi connectivity index (χ0v) is 13.1. The van der Waals surface area contributed by atoms with E-state index < -0.39 is 0 Å². The van der Waals surface area contributed by atoms with Gasteiger partial charge >= 0.3 is 0 Å². The van der Waals surface area contributed by atoms with Crippen molar-refractivity contribution in [2.24, 2.45) is 11.0 Å². The quantitative estimate of drug-likeness (QED) is 0.690. The van der Waals surface area contributed by atoms with E-state index >= 15 is 0 Å². The number of benzene rings is 1.